The van der Waals surface area contributed by atoms with E-state index in [1.807, 2.05) is 11.0 Å². The molecule has 0 unspecified atom stereocenters. The summed E-state index contributed by atoms with van der Waals surface area (Å²) in [5.41, 5.74) is 1.88. The first-order valence-electron chi connectivity index (χ1n) is 6.83. The van der Waals surface area contributed by atoms with E-state index >= 15 is 0 Å². The van der Waals surface area contributed by atoms with Gasteiger partial charge in [0.2, 0.25) is 0 Å². The Labute approximate surface area is 132 Å². The van der Waals surface area contributed by atoms with Gasteiger partial charge in [-0.3, -0.25) is 9.69 Å². The van der Waals surface area contributed by atoms with Crippen molar-refractivity contribution in [1.29, 1.82) is 0 Å². The molecule has 112 valence electrons. The highest BCUT2D eigenvalue weighted by molar-refractivity contribution is 6.36. The summed E-state index contributed by atoms with van der Waals surface area (Å²) >= 11 is 12.1. The number of nitrogens with zero attached hydrogens (tertiary/aromatic N) is 1. The molecule has 0 radical (unpaired) electrons. The van der Waals surface area contributed by atoms with Crippen LogP contribution in [0.2, 0.25) is 10.0 Å². The highest BCUT2D eigenvalue weighted by Crippen LogP contribution is 2.36. The van der Waals surface area contributed by atoms with E-state index in [2.05, 4.69) is 0 Å². The maximum absolute atomic E-state index is 11.2. The molecular weight excluding hydrogens is 313 g/mol. The molecule has 1 atom stereocenters. The monoisotopic (exact) mass is 327 g/mol. The largest absolute Gasteiger partial charge is 0.487 e. The maximum Gasteiger partial charge on any atom is 0.320 e. The zero-order valence-corrected chi connectivity index (χ0v) is 12.8. The molecule has 6 heteroatoms. The summed E-state index contributed by atoms with van der Waals surface area (Å²) in [6.45, 7) is 1.83. The van der Waals surface area contributed by atoms with E-state index in [-0.39, 0.29) is 0 Å². The van der Waals surface area contributed by atoms with E-state index in [9.17, 15) is 9.90 Å². The summed E-state index contributed by atoms with van der Waals surface area (Å²) < 4.78 is 5.69. The number of carbonyl (C=O) groups is 1. The Morgan fingerprint density at radius 3 is 3.00 bits per heavy atom. The Hall–Kier alpha value is -1.23. The Bertz CT molecular complexity index is 615. The van der Waals surface area contributed by atoms with Gasteiger partial charge in [0.15, 0.2) is 0 Å². The van der Waals surface area contributed by atoms with Crippen molar-refractivity contribution in [2.75, 3.05) is 19.7 Å². The average molecular weight is 328 g/mol. The second kappa shape index (κ2) is 5.87. The molecule has 0 bridgehead atoms. The van der Waals surface area contributed by atoms with Crippen molar-refractivity contribution in [1.82, 2.24) is 4.90 Å². The number of aliphatic carboxylic acids is 1. The lowest BCUT2D eigenvalue weighted by molar-refractivity contribution is -0.142. The van der Waals surface area contributed by atoms with Gasteiger partial charge in [-0.25, -0.2) is 0 Å². The minimum absolute atomic E-state index is 0.393. The van der Waals surface area contributed by atoms with E-state index in [0.29, 0.717) is 35.4 Å². The molecule has 0 amide bonds. The number of benzene rings is 1. The molecule has 21 heavy (non-hydrogen) atoms. The first-order chi connectivity index (χ1) is 10.0. The van der Waals surface area contributed by atoms with Gasteiger partial charge in [0.05, 0.1) is 5.02 Å². The number of hydrogen-bond donors (Lipinski definition) is 1. The van der Waals surface area contributed by atoms with Crippen LogP contribution in [0, 0.1) is 0 Å². The highest BCUT2D eigenvalue weighted by Gasteiger charge is 2.31. The second-order valence-corrected chi connectivity index (χ2v) is 6.21. The van der Waals surface area contributed by atoms with Crippen LogP contribution in [0.15, 0.2) is 17.7 Å². The number of carboxylic acid groups (broad SMARTS) is 1. The average Bonchev–Trinajstić information content (AvgIpc) is 2.86. The number of halogens is 2. The van der Waals surface area contributed by atoms with Crippen molar-refractivity contribution in [3.05, 3.63) is 33.3 Å². The molecule has 0 spiro atoms. The third kappa shape index (κ3) is 3.03. The zero-order valence-electron chi connectivity index (χ0n) is 11.3. The second-order valence-electron chi connectivity index (χ2n) is 5.36. The molecule has 2 aliphatic heterocycles. The third-order valence-corrected chi connectivity index (χ3v) is 4.35. The van der Waals surface area contributed by atoms with Gasteiger partial charge in [-0.15, -0.1) is 0 Å². The molecule has 1 N–H and O–H groups in total. The van der Waals surface area contributed by atoms with Crippen molar-refractivity contribution >= 4 is 35.2 Å². The van der Waals surface area contributed by atoms with Gasteiger partial charge in [0.25, 0.3) is 0 Å². The molecular formula is C15H15Cl2NO3. The van der Waals surface area contributed by atoms with Crippen molar-refractivity contribution in [3.63, 3.8) is 0 Å². The Morgan fingerprint density at radius 1 is 1.43 bits per heavy atom. The predicted octanol–water partition coefficient (Wildman–Crippen LogP) is 3.32. The number of fused-ring (bicyclic) bond motifs is 1. The van der Waals surface area contributed by atoms with Gasteiger partial charge >= 0.3 is 5.97 Å². The van der Waals surface area contributed by atoms with Gasteiger partial charge in [-0.05, 0) is 43.2 Å². The predicted molar refractivity (Wildman–Crippen MR) is 82.2 cm³/mol. The highest BCUT2D eigenvalue weighted by atomic mass is 35.5. The van der Waals surface area contributed by atoms with E-state index in [4.69, 9.17) is 27.9 Å². The third-order valence-electron chi connectivity index (χ3n) is 3.85. The molecule has 1 fully saturated rings. The fraction of sp³-hybridized carbons (Fsp3) is 0.400. The standard InChI is InChI=1S/C15H15Cl2NO3/c16-11-5-10-4-9(8-21-14(10)12(17)6-11)7-18-3-1-2-13(18)15(19)20/h4-6,13H,1-3,7-8H2,(H,19,20)/t13-/m0/s1. The van der Waals surface area contributed by atoms with Crippen molar-refractivity contribution in [2.45, 2.75) is 18.9 Å². The van der Waals surface area contributed by atoms with Gasteiger partial charge in [0.1, 0.15) is 18.4 Å². The molecule has 1 aromatic rings. The molecule has 1 saturated heterocycles. The Balaban J connectivity index is 1.81. The molecule has 0 saturated carbocycles. The van der Waals surface area contributed by atoms with Gasteiger partial charge in [0, 0.05) is 17.1 Å². The topological polar surface area (TPSA) is 49.8 Å². The van der Waals surface area contributed by atoms with Crippen molar-refractivity contribution in [2.24, 2.45) is 0 Å². The molecule has 1 aromatic carbocycles. The minimum atomic E-state index is -0.753. The summed E-state index contributed by atoms with van der Waals surface area (Å²) in [4.78, 5) is 13.2. The van der Waals surface area contributed by atoms with Crippen LogP contribution in [0.1, 0.15) is 18.4 Å². The fourth-order valence-corrected chi connectivity index (χ4v) is 3.48. The van der Waals surface area contributed by atoms with Crippen molar-refractivity contribution in [3.8, 4) is 5.75 Å². The van der Waals surface area contributed by atoms with Gasteiger partial charge < -0.3 is 9.84 Å². The van der Waals surface area contributed by atoms with Crippen LogP contribution >= 0.6 is 23.2 Å². The van der Waals surface area contributed by atoms with Crippen molar-refractivity contribution < 1.29 is 14.6 Å². The normalized spacial score (nSPS) is 21.6. The van der Waals surface area contributed by atoms with Gasteiger partial charge in [-0.1, -0.05) is 23.2 Å². The lowest BCUT2D eigenvalue weighted by Crippen LogP contribution is -2.38. The maximum atomic E-state index is 11.2. The van der Waals surface area contributed by atoms with Crippen LogP contribution in [0.3, 0.4) is 0 Å². The summed E-state index contributed by atoms with van der Waals surface area (Å²) in [5, 5.41) is 10.3. The first kappa shape index (κ1) is 14.7. The minimum Gasteiger partial charge on any atom is -0.487 e. The van der Waals surface area contributed by atoms with Gasteiger partial charge in [-0.2, -0.15) is 0 Å². The Morgan fingerprint density at radius 2 is 2.24 bits per heavy atom. The lowest BCUT2D eigenvalue weighted by atomic mass is 10.1. The number of hydrogen-bond acceptors (Lipinski definition) is 3. The van der Waals surface area contributed by atoms with E-state index in [1.165, 1.54) is 0 Å². The number of rotatable bonds is 3. The first-order valence-corrected chi connectivity index (χ1v) is 7.58. The summed E-state index contributed by atoms with van der Waals surface area (Å²) in [6, 6.07) is 3.07. The number of likely N-dealkylation sites (tertiary alicyclic amines) is 1. The fourth-order valence-electron chi connectivity index (χ4n) is 2.91. The number of carboxylic acids is 1. The zero-order chi connectivity index (χ0) is 15.0. The summed E-state index contributed by atoms with van der Waals surface area (Å²) in [6.07, 6.45) is 3.62. The Kier molecular flexibility index (Phi) is 4.11. The summed E-state index contributed by atoms with van der Waals surface area (Å²) in [7, 11) is 0. The molecule has 0 aromatic heterocycles. The van der Waals surface area contributed by atoms with Crippen LogP contribution in [-0.4, -0.2) is 41.7 Å². The van der Waals surface area contributed by atoms with Crippen LogP contribution < -0.4 is 4.74 Å². The molecule has 4 nitrogen and oxygen atoms in total. The van der Waals surface area contributed by atoms with Crippen LogP contribution in [0.5, 0.6) is 5.75 Å². The molecule has 3 rings (SSSR count). The van der Waals surface area contributed by atoms with Crippen LogP contribution in [0.4, 0.5) is 0 Å². The quantitative estimate of drug-likeness (QED) is 0.925. The number of ether oxygens (including phenoxy) is 1. The van der Waals surface area contributed by atoms with E-state index in [0.717, 1.165) is 24.1 Å². The van der Waals surface area contributed by atoms with Crippen LogP contribution in [-0.2, 0) is 4.79 Å². The van der Waals surface area contributed by atoms with Crippen LogP contribution in [0.25, 0.3) is 6.08 Å². The molecule has 0 aliphatic carbocycles. The molecule has 2 aliphatic rings. The lowest BCUT2D eigenvalue weighted by Gasteiger charge is -2.25. The van der Waals surface area contributed by atoms with E-state index < -0.39 is 12.0 Å². The van der Waals surface area contributed by atoms with E-state index in [1.54, 1.807) is 12.1 Å². The SMILES string of the molecule is O=C(O)[C@@H]1CCCN1CC1=Cc2cc(Cl)cc(Cl)c2OC1. The molecule has 2 heterocycles. The summed E-state index contributed by atoms with van der Waals surface area (Å²) in [5.74, 6) is -0.114. The smallest absolute Gasteiger partial charge is 0.320 e.